The third kappa shape index (κ3) is 9.50. The minimum absolute atomic E-state index is 0. The first-order valence-electron chi connectivity index (χ1n) is 11.3. The molecule has 2 aliphatic rings. The zero-order valence-electron chi connectivity index (χ0n) is 19.6. The molecule has 1 amide bonds. The molecule has 2 fully saturated rings. The summed E-state index contributed by atoms with van der Waals surface area (Å²) < 4.78 is 11.5. The molecule has 32 heavy (non-hydrogen) atoms. The number of nitrogens with one attached hydrogen (secondary N) is 2. The van der Waals surface area contributed by atoms with Gasteiger partial charge in [0.15, 0.2) is 5.96 Å². The van der Waals surface area contributed by atoms with Crippen molar-refractivity contribution in [1.82, 2.24) is 20.4 Å². The number of likely N-dealkylation sites (N-methyl/N-ethyl adjacent to an activating group) is 1. The molecule has 0 radical (unpaired) electrons. The van der Waals surface area contributed by atoms with Crippen molar-refractivity contribution in [3.05, 3.63) is 29.3 Å². The van der Waals surface area contributed by atoms with Gasteiger partial charge < -0.3 is 25.0 Å². The van der Waals surface area contributed by atoms with E-state index < -0.39 is 0 Å². The summed E-state index contributed by atoms with van der Waals surface area (Å²) in [6.07, 6.45) is 2.53. The van der Waals surface area contributed by atoms with Gasteiger partial charge in [0.2, 0.25) is 5.91 Å². The Hall–Kier alpha value is -1.59. The average molecular weight is 559 g/mol. The Bertz CT molecular complexity index is 749. The van der Waals surface area contributed by atoms with Gasteiger partial charge >= 0.3 is 0 Å². The first-order chi connectivity index (χ1) is 15.0. The highest BCUT2D eigenvalue weighted by molar-refractivity contribution is 14.0. The van der Waals surface area contributed by atoms with E-state index in [9.17, 15) is 4.79 Å². The summed E-state index contributed by atoms with van der Waals surface area (Å²) in [4.78, 5) is 20.7. The SMILES string of the molecule is Cc1ccc(CN=C(NCCN2CCOCC2)NCC(=O)N(C)C)c(OCC2CC2)c1.I. The van der Waals surface area contributed by atoms with E-state index in [4.69, 9.17) is 14.5 Å². The van der Waals surface area contributed by atoms with Crippen LogP contribution < -0.4 is 15.4 Å². The number of aliphatic imine (C=N–C) groups is 1. The Morgan fingerprint density at radius 3 is 2.69 bits per heavy atom. The zero-order valence-corrected chi connectivity index (χ0v) is 21.9. The second-order valence-electron chi connectivity index (χ2n) is 8.55. The number of hydrogen-bond acceptors (Lipinski definition) is 5. The smallest absolute Gasteiger partial charge is 0.241 e. The molecule has 1 aliphatic heterocycles. The van der Waals surface area contributed by atoms with Gasteiger partial charge in [0.25, 0.3) is 0 Å². The van der Waals surface area contributed by atoms with Crippen molar-refractivity contribution in [2.24, 2.45) is 10.9 Å². The van der Waals surface area contributed by atoms with Crippen LogP contribution in [-0.4, -0.2) is 88.3 Å². The van der Waals surface area contributed by atoms with Gasteiger partial charge in [-0.25, -0.2) is 4.99 Å². The molecule has 0 atom stereocenters. The Morgan fingerprint density at radius 2 is 2.00 bits per heavy atom. The predicted molar refractivity (Wildman–Crippen MR) is 138 cm³/mol. The Balaban J connectivity index is 0.00000363. The van der Waals surface area contributed by atoms with E-state index >= 15 is 0 Å². The Labute approximate surface area is 209 Å². The van der Waals surface area contributed by atoms with Crippen LogP contribution in [-0.2, 0) is 16.1 Å². The van der Waals surface area contributed by atoms with Crippen molar-refractivity contribution in [3.8, 4) is 5.75 Å². The third-order valence-corrected chi connectivity index (χ3v) is 5.53. The Kier molecular flexibility index (Phi) is 11.5. The van der Waals surface area contributed by atoms with E-state index in [-0.39, 0.29) is 36.4 Å². The van der Waals surface area contributed by atoms with Crippen LogP contribution in [0.4, 0.5) is 0 Å². The van der Waals surface area contributed by atoms with Gasteiger partial charge in [-0.3, -0.25) is 9.69 Å². The van der Waals surface area contributed by atoms with Gasteiger partial charge in [0, 0.05) is 45.8 Å². The molecule has 0 aromatic heterocycles. The van der Waals surface area contributed by atoms with Gasteiger partial charge in [0.05, 0.1) is 32.9 Å². The quantitative estimate of drug-likeness (QED) is 0.259. The van der Waals surface area contributed by atoms with Crippen LogP contribution in [0.2, 0.25) is 0 Å². The van der Waals surface area contributed by atoms with Crippen LogP contribution in [0, 0.1) is 12.8 Å². The molecular formula is C23H38IN5O3. The number of morpholine rings is 1. The third-order valence-electron chi connectivity index (χ3n) is 5.53. The number of amides is 1. The van der Waals surface area contributed by atoms with Crippen molar-refractivity contribution >= 4 is 35.8 Å². The fourth-order valence-corrected chi connectivity index (χ4v) is 3.23. The van der Waals surface area contributed by atoms with Crippen molar-refractivity contribution in [2.45, 2.75) is 26.3 Å². The summed E-state index contributed by atoms with van der Waals surface area (Å²) >= 11 is 0. The van der Waals surface area contributed by atoms with Crippen molar-refractivity contribution < 1.29 is 14.3 Å². The standard InChI is InChI=1S/C23H37N5O3.HI/c1-18-4-7-20(21(14-18)31-17-19-5-6-19)15-25-23(26-16-22(29)27(2)3)24-8-9-28-10-12-30-13-11-28;/h4,7,14,19H,5-6,8-13,15-17H2,1-3H3,(H2,24,25,26);1H. The average Bonchev–Trinajstić information content (AvgIpc) is 3.59. The minimum atomic E-state index is 0. The molecule has 1 heterocycles. The van der Waals surface area contributed by atoms with E-state index in [0.29, 0.717) is 18.4 Å². The van der Waals surface area contributed by atoms with Gasteiger partial charge in [-0.05, 0) is 37.3 Å². The number of ether oxygens (including phenoxy) is 2. The predicted octanol–water partition coefficient (Wildman–Crippen LogP) is 1.86. The second kappa shape index (κ2) is 13.8. The lowest BCUT2D eigenvalue weighted by molar-refractivity contribution is -0.127. The first kappa shape index (κ1) is 26.7. The molecule has 0 bridgehead atoms. The van der Waals surface area contributed by atoms with Crippen molar-refractivity contribution in [3.63, 3.8) is 0 Å². The van der Waals surface area contributed by atoms with Gasteiger partial charge in [-0.1, -0.05) is 12.1 Å². The van der Waals surface area contributed by atoms with Gasteiger partial charge in [0.1, 0.15) is 5.75 Å². The van der Waals surface area contributed by atoms with Crippen LogP contribution in [0.1, 0.15) is 24.0 Å². The van der Waals surface area contributed by atoms with E-state index in [1.807, 2.05) is 0 Å². The zero-order chi connectivity index (χ0) is 22.1. The van der Waals surface area contributed by atoms with Gasteiger partial charge in [-0.15, -0.1) is 24.0 Å². The molecule has 0 spiro atoms. The molecule has 180 valence electrons. The number of guanidine groups is 1. The van der Waals surface area contributed by atoms with Crippen molar-refractivity contribution in [2.75, 3.05) is 66.6 Å². The van der Waals surface area contributed by atoms with Crippen LogP contribution in [0.5, 0.6) is 5.75 Å². The van der Waals surface area contributed by atoms with E-state index in [0.717, 1.165) is 57.3 Å². The summed E-state index contributed by atoms with van der Waals surface area (Å²) in [5, 5.41) is 6.53. The number of carbonyl (C=O) groups is 1. The number of hydrogen-bond donors (Lipinski definition) is 2. The second-order valence-corrected chi connectivity index (χ2v) is 8.55. The monoisotopic (exact) mass is 559 g/mol. The lowest BCUT2D eigenvalue weighted by atomic mass is 10.1. The number of nitrogens with zero attached hydrogens (tertiary/aromatic N) is 3. The number of halogens is 1. The van der Waals surface area contributed by atoms with E-state index in [2.05, 4.69) is 40.7 Å². The molecule has 3 rings (SSSR count). The lowest BCUT2D eigenvalue weighted by Gasteiger charge is -2.26. The Morgan fingerprint density at radius 1 is 1.25 bits per heavy atom. The number of carbonyl (C=O) groups excluding carboxylic acids is 1. The number of aryl methyl sites for hydroxylation is 1. The van der Waals surface area contributed by atoms with Crippen LogP contribution in [0.3, 0.4) is 0 Å². The summed E-state index contributed by atoms with van der Waals surface area (Å²) in [5.74, 6) is 2.25. The van der Waals surface area contributed by atoms with Crippen molar-refractivity contribution in [1.29, 1.82) is 0 Å². The summed E-state index contributed by atoms with van der Waals surface area (Å²) in [7, 11) is 3.50. The van der Waals surface area contributed by atoms with Crippen LogP contribution in [0.15, 0.2) is 23.2 Å². The highest BCUT2D eigenvalue weighted by Gasteiger charge is 2.22. The minimum Gasteiger partial charge on any atom is -0.493 e. The van der Waals surface area contributed by atoms with Crippen LogP contribution in [0.25, 0.3) is 0 Å². The fourth-order valence-electron chi connectivity index (χ4n) is 3.23. The fraction of sp³-hybridized carbons (Fsp3) is 0.652. The maximum atomic E-state index is 12.0. The molecule has 0 unspecified atom stereocenters. The largest absolute Gasteiger partial charge is 0.493 e. The lowest BCUT2D eigenvalue weighted by Crippen LogP contribution is -2.46. The maximum absolute atomic E-state index is 12.0. The highest BCUT2D eigenvalue weighted by atomic mass is 127. The molecule has 2 N–H and O–H groups in total. The number of benzene rings is 1. The summed E-state index contributed by atoms with van der Waals surface area (Å²) in [6.45, 7) is 8.68. The molecule has 9 heteroatoms. The molecule has 1 aromatic carbocycles. The number of rotatable bonds is 10. The topological polar surface area (TPSA) is 78.4 Å². The molecular weight excluding hydrogens is 521 g/mol. The molecule has 1 aromatic rings. The highest BCUT2D eigenvalue weighted by Crippen LogP contribution is 2.30. The summed E-state index contributed by atoms with van der Waals surface area (Å²) in [5.41, 5.74) is 2.23. The van der Waals surface area contributed by atoms with Gasteiger partial charge in [-0.2, -0.15) is 0 Å². The maximum Gasteiger partial charge on any atom is 0.241 e. The normalized spacial score (nSPS) is 16.8. The molecule has 8 nitrogen and oxygen atoms in total. The van der Waals surface area contributed by atoms with E-state index in [1.54, 1.807) is 19.0 Å². The molecule has 1 saturated heterocycles. The van der Waals surface area contributed by atoms with Crippen LogP contribution >= 0.6 is 24.0 Å². The first-order valence-corrected chi connectivity index (χ1v) is 11.3. The molecule has 1 aliphatic carbocycles. The van der Waals surface area contributed by atoms with E-state index in [1.165, 1.54) is 18.4 Å². The summed E-state index contributed by atoms with van der Waals surface area (Å²) in [6, 6.07) is 6.25. The molecule has 1 saturated carbocycles.